The molecule has 0 aromatic carbocycles. The summed E-state index contributed by atoms with van der Waals surface area (Å²) in [5.74, 6) is -1.12. The van der Waals surface area contributed by atoms with Crippen LogP contribution in [-0.2, 0) is 38.0 Å². The standard InChI is InChI=1S/C22H42N2O8/c1-27-17-11-23(12-18-28-2)9-5-15-31-21(25)7-8-22(26)32-16-6-10-24(13-19-29-3)14-20-30-4/h7-8H,5-6,9-20H2,1-4H3/b8-7+. The molecule has 0 spiro atoms. The van der Waals surface area contributed by atoms with Crippen LogP contribution in [0.4, 0.5) is 0 Å². The van der Waals surface area contributed by atoms with Gasteiger partial charge in [0.2, 0.25) is 0 Å². The Bertz CT molecular complexity index is 433. The summed E-state index contributed by atoms with van der Waals surface area (Å²) in [4.78, 5) is 27.9. The lowest BCUT2D eigenvalue weighted by atomic mass is 10.3. The van der Waals surface area contributed by atoms with Crippen molar-refractivity contribution in [2.45, 2.75) is 12.8 Å². The lowest BCUT2D eigenvalue weighted by molar-refractivity contribution is -0.140. The van der Waals surface area contributed by atoms with Gasteiger partial charge < -0.3 is 28.4 Å². The van der Waals surface area contributed by atoms with E-state index < -0.39 is 11.9 Å². The highest BCUT2D eigenvalue weighted by molar-refractivity contribution is 5.91. The van der Waals surface area contributed by atoms with Gasteiger partial charge in [-0.05, 0) is 12.8 Å². The van der Waals surface area contributed by atoms with Crippen LogP contribution in [-0.4, -0.2) is 129 Å². The summed E-state index contributed by atoms with van der Waals surface area (Å²) in [6.45, 7) is 7.74. The largest absolute Gasteiger partial charge is 0.462 e. The van der Waals surface area contributed by atoms with Gasteiger partial charge >= 0.3 is 11.9 Å². The number of rotatable bonds is 22. The maximum atomic E-state index is 11.8. The molecule has 0 bridgehead atoms. The molecule has 0 aliphatic heterocycles. The molecule has 0 atom stereocenters. The number of methoxy groups -OCH3 is 4. The normalized spacial score (nSPS) is 11.6. The minimum absolute atomic E-state index is 0.271. The number of nitrogens with zero attached hydrogens (tertiary/aromatic N) is 2. The first-order chi connectivity index (χ1) is 15.6. The van der Waals surface area contributed by atoms with E-state index in [1.54, 1.807) is 28.4 Å². The molecule has 0 amide bonds. The molecular formula is C22H42N2O8. The van der Waals surface area contributed by atoms with Crippen molar-refractivity contribution in [3.63, 3.8) is 0 Å². The zero-order chi connectivity index (χ0) is 23.9. The van der Waals surface area contributed by atoms with E-state index in [1.165, 1.54) is 0 Å². The minimum atomic E-state index is -0.562. The molecule has 32 heavy (non-hydrogen) atoms. The molecular weight excluding hydrogens is 420 g/mol. The Hall–Kier alpha value is -1.56. The number of esters is 2. The molecule has 0 heterocycles. The maximum Gasteiger partial charge on any atom is 0.331 e. The van der Waals surface area contributed by atoms with Gasteiger partial charge in [-0.25, -0.2) is 9.59 Å². The molecule has 188 valence electrons. The van der Waals surface area contributed by atoms with Crippen molar-refractivity contribution < 1.29 is 38.0 Å². The molecule has 0 aliphatic rings. The summed E-state index contributed by atoms with van der Waals surface area (Å²) in [5.41, 5.74) is 0. The molecule has 10 nitrogen and oxygen atoms in total. The summed E-state index contributed by atoms with van der Waals surface area (Å²) in [5, 5.41) is 0. The lowest BCUT2D eigenvalue weighted by Crippen LogP contribution is -2.32. The highest BCUT2D eigenvalue weighted by Gasteiger charge is 2.07. The zero-order valence-electron chi connectivity index (χ0n) is 20.2. The van der Waals surface area contributed by atoms with E-state index in [1.807, 2.05) is 0 Å². The van der Waals surface area contributed by atoms with E-state index in [-0.39, 0.29) is 13.2 Å². The Morgan fingerprint density at radius 3 is 1.12 bits per heavy atom. The van der Waals surface area contributed by atoms with Crippen molar-refractivity contribution in [2.24, 2.45) is 0 Å². The van der Waals surface area contributed by atoms with E-state index in [2.05, 4.69) is 9.80 Å². The summed E-state index contributed by atoms with van der Waals surface area (Å²) in [7, 11) is 6.64. The van der Waals surface area contributed by atoms with E-state index in [9.17, 15) is 9.59 Å². The van der Waals surface area contributed by atoms with Gasteiger partial charge in [0.15, 0.2) is 0 Å². The lowest BCUT2D eigenvalue weighted by Gasteiger charge is -2.21. The molecule has 0 aromatic rings. The van der Waals surface area contributed by atoms with Crippen molar-refractivity contribution in [1.29, 1.82) is 0 Å². The first kappa shape index (κ1) is 30.4. The van der Waals surface area contributed by atoms with Crippen LogP contribution in [0.1, 0.15) is 12.8 Å². The van der Waals surface area contributed by atoms with Gasteiger partial charge in [-0.1, -0.05) is 0 Å². The van der Waals surface area contributed by atoms with Gasteiger partial charge in [0.25, 0.3) is 0 Å². The van der Waals surface area contributed by atoms with Crippen LogP contribution >= 0.6 is 0 Å². The van der Waals surface area contributed by atoms with Gasteiger partial charge in [0.05, 0.1) is 39.6 Å². The average Bonchev–Trinajstić information content (AvgIpc) is 2.80. The van der Waals surface area contributed by atoms with Gasteiger partial charge in [-0.3, -0.25) is 9.80 Å². The third kappa shape index (κ3) is 19.1. The Balaban J connectivity index is 3.99. The van der Waals surface area contributed by atoms with Crippen molar-refractivity contribution in [3.05, 3.63) is 12.2 Å². The number of carbonyl (C=O) groups excluding carboxylic acids is 2. The quantitative estimate of drug-likeness (QED) is 0.129. The van der Waals surface area contributed by atoms with Crippen LogP contribution in [0, 0.1) is 0 Å². The van der Waals surface area contributed by atoms with Crippen LogP contribution in [0.2, 0.25) is 0 Å². The van der Waals surface area contributed by atoms with E-state index in [0.717, 1.165) is 51.4 Å². The molecule has 0 rings (SSSR count). The topological polar surface area (TPSA) is 96.0 Å². The van der Waals surface area contributed by atoms with Gasteiger partial charge in [0, 0.05) is 79.9 Å². The number of carbonyl (C=O) groups is 2. The summed E-state index contributed by atoms with van der Waals surface area (Å²) >= 11 is 0. The second kappa shape index (κ2) is 22.6. The summed E-state index contributed by atoms with van der Waals surface area (Å²) in [6.07, 6.45) is 3.55. The van der Waals surface area contributed by atoms with Crippen molar-refractivity contribution >= 4 is 11.9 Å². The molecule has 0 unspecified atom stereocenters. The predicted molar refractivity (Wildman–Crippen MR) is 121 cm³/mol. The smallest absolute Gasteiger partial charge is 0.331 e. The van der Waals surface area contributed by atoms with Crippen LogP contribution in [0.25, 0.3) is 0 Å². The minimum Gasteiger partial charge on any atom is -0.462 e. The number of hydrogen-bond acceptors (Lipinski definition) is 10. The van der Waals surface area contributed by atoms with Crippen LogP contribution in [0.5, 0.6) is 0 Å². The third-order valence-corrected chi connectivity index (χ3v) is 4.53. The zero-order valence-corrected chi connectivity index (χ0v) is 20.2. The summed E-state index contributed by atoms with van der Waals surface area (Å²) < 4.78 is 30.6. The average molecular weight is 463 g/mol. The summed E-state index contributed by atoms with van der Waals surface area (Å²) in [6, 6.07) is 0. The van der Waals surface area contributed by atoms with E-state index >= 15 is 0 Å². The Morgan fingerprint density at radius 1 is 0.531 bits per heavy atom. The van der Waals surface area contributed by atoms with Gasteiger partial charge in [-0.15, -0.1) is 0 Å². The van der Waals surface area contributed by atoms with Crippen molar-refractivity contribution in [3.8, 4) is 0 Å². The molecule has 0 aliphatic carbocycles. The van der Waals surface area contributed by atoms with E-state index in [0.29, 0.717) is 39.3 Å². The Morgan fingerprint density at radius 2 is 0.844 bits per heavy atom. The molecule has 0 saturated heterocycles. The van der Waals surface area contributed by atoms with Crippen LogP contribution in [0.3, 0.4) is 0 Å². The molecule has 0 N–H and O–H groups in total. The second-order valence-electron chi connectivity index (χ2n) is 7.03. The SMILES string of the molecule is COCCN(CCCOC(=O)/C=C/C(=O)OCCCN(CCOC)CCOC)CCOC. The number of hydrogen-bond donors (Lipinski definition) is 0. The maximum absolute atomic E-state index is 11.8. The third-order valence-electron chi connectivity index (χ3n) is 4.53. The van der Waals surface area contributed by atoms with Crippen LogP contribution in [0.15, 0.2) is 12.2 Å². The van der Waals surface area contributed by atoms with Gasteiger partial charge in [-0.2, -0.15) is 0 Å². The van der Waals surface area contributed by atoms with E-state index in [4.69, 9.17) is 28.4 Å². The fourth-order valence-corrected chi connectivity index (χ4v) is 2.71. The second-order valence-corrected chi connectivity index (χ2v) is 7.03. The van der Waals surface area contributed by atoms with Crippen LogP contribution < -0.4 is 0 Å². The fourth-order valence-electron chi connectivity index (χ4n) is 2.71. The van der Waals surface area contributed by atoms with Crippen molar-refractivity contribution in [1.82, 2.24) is 9.80 Å². The first-order valence-electron chi connectivity index (χ1n) is 11.0. The Labute approximate surface area is 192 Å². The number of ether oxygens (including phenoxy) is 6. The monoisotopic (exact) mass is 462 g/mol. The Kier molecular flexibility index (Phi) is 21.5. The molecule has 0 aromatic heterocycles. The molecule has 10 heteroatoms. The molecule has 0 radical (unpaired) electrons. The predicted octanol–water partition coefficient (Wildman–Crippen LogP) is 0.599. The van der Waals surface area contributed by atoms with Crippen molar-refractivity contribution in [2.75, 3.05) is 107 Å². The molecule has 0 fully saturated rings. The van der Waals surface area contributed by atoms with Gasteiger partial charge in [0.1, 0.15) is 0 Å². The molecule has 0 saturated carbocycles. The highest BCUT2D eigenvalue weighted by Crippen LogP contribution is 1.96. The first-order valence-corrected chi connectivity index (χ1v) is 11.0. The highest BCUT2D eigenvalue weighted by atomic mass is 16.5. The fraction of sp³-hybridized carbons (Fsp3) is 0.818.